The first kappa shape index (κ1) is 14.3. The molecule has 0 aromatic carbocycles. The Hall–Kier alpha value is -1.08. The van der Waals surface area contributed by atoms with Gasteiger partial charge in [-0.25, -0.2) is 0 Å². The minimum absolute atomic E-state index is 0.463. The van der Waals surface area contributed by atoms with E-state index in [-0.39, 0.29) is 0 Å². The summed E-state index contributed by atoms with van der Waals surface area (Å²) in [4.78, 5) is 12.9. The maximum atomic E-state index is 12.6. The van der Waals surface area contributed by atoms with Crippen molar-refractivity contribution < 1.29 is 18.0 Å². The smallest absolute Gasteiger partial charge is 0.312 e. The van der Waals surface area contributed by atoms with Gasteiger partial charge in [-0.1, -0.05) is 13.3 Å². The molecule has 0 bridgehead atoms. The van der Waals surface area contributed by atoms with Crippen molar-refractivity contribution in [1.82, 2.24) is 10.2 Å². The van der Waals surface area contributed by atoms with Crippen LogP contribution < -0.4 is 5.32 Å². The molecule has 106 valence electrons. The van der Waals surface area contributed by atoms with Crippen molar-refractivity contribution in [1.29, 1.82) is 0 Å². The first-order valence-electron chi connectivity index (χ1n) is 6.07. The summed E-state index contributed by atoms with van der Waals surface area (Å²) in [6.07, 6.45) is -3.75. The van der Waals surface area contributed by atoms with E-state index in [1.807, 2.05) is 6.92 Å². The van der Waals surface area contributed by atoms with Gasteiger partial charge in [0, 0.05) is 0 Å². The molecular weight excluding hydrogens is 277 g/mol. The van der Waals surface area contributed by atoms with Crippen LogP contribution in [0.5, 0.6) is 0 Å². The molecule has 1 aromatic heterocycles. The summed E-state index contributed by atoms with van der Waals surface area (Å²) < 4.78 is 37.8. The average Bonchev–Trinajstić information content (AvgIpc) is 2.91. The largest absolute Gasteiger partial charge is 0.406 e. The van der Waals surface area contributed by atoms with Crippen LogP contribution in [0.1, 0.15) is 31.5 Å². The molecule has 3 nitrogen and oxygen atoms in total. The highest BCUT2D eigenvalue weighted by Gasteiger charge is 2.44. The molecule has 1 amide bonds. The monoisotopic (exact) mass is 292 g/mol. The summed E-state index contributed by atoms with van der Waals surface area (Å²) in [5.74, 6) is -0.463. The summed E-state index contributed by atoms with van der Waals surface area (Å²) in [5.41, 5.74) is 0.709. The summed E-state index contributed by atoms with van der Waals surface area (Å²) in [7, 11) is 0. The summed E-state index contributed by atoms with van der Waals surface area (Å²) in [6.45, 7) is 0.695. The number of thiophene rings is 1. The van der Waals surface area contributed by atoms with Gasteiger partial charge in [-0.15, -0.1) is 0 Å². The van der Waals surface area contributed by atoms with Crippen LogP contribution in [0.2, 0.25) is 0 Å². The third kappa shape index (κ3) is 3.27. The first-order valence-corrected chi connectivity index (χ1v) is 7.02. The summed E-state index contributed by atoms with van der Waals surface area (Å²) >= 11 is 1.40. The van der Waals surface area contributed by atoms with Gasteiger partial charge in [-0.05, 0) is 28.8 Å². The molecule has 7 heteroatoms. The van der Waals surface area contributed by atoms with Crippen molar-refractivity contribution in [2.24, 2.45) is 0 Å². The van der Waals surface area contributed by atoms with Gasteiger partial charge in [0.2, 0.25) is 5.91 Å². The van der Waals surface area contributed by atoms with Crippen LogP contribution in [0.25, 0.3) is 0 Å². The lowest BCUT2D eigenvalue weighted by molar-refractivity contribution is -0.161. The lowest BCUT2D eigenvalue weighted by atomic mass is 10.2. The number of nitrogens with zero attached hydrogens (tertiary/aromatic N) is 1. The number of alkyl halides is 3. The molecular formula is C12H15F3N2OS. The Morgan fingerprint density at radius 3 is 2.74 bits per heavy atom. The first-order chi connectivity index (χ1) is 8.92. The molecule has 1 saturated heterocycles. The fourth-order valence-corrected chi connectivity index (χ4v) is 2.92. The summed E-state index contributed by atoms with van der Waals surface area (Å²) in [5, 5.41) is 6.56. The van der Waals surface area contributed by atoms with Crippen LogP contribution in [0.15, 0.2) is 16.8 Å². The number of nitrogens with one attached hydrogen (secondary N) is 1. The molecule has 2 heterocycles. The molecule has 1 fully saturated rings. The highest BCUT2D eigenvalue weighted by atomic mass is 32.1. The topological polar surface area (TPSA) is 32.3 Å². The molecule has 1 aliphatic rings. The number of hydrogen-bond acceptors (Lipinski definition) is 3. The lowest BCUT2D eigenvalue weighted by Gasteiger charge is -2.24. The molecule has 0 radical (unpaired) electrons. The van der Waals surface area contributed by atoms with Crippen LogP contribution in [0.4, 0.5) is 13.2 Å². The van der Waals surface area contributed by atoms with Crippen molar-refractivity contribution in [3.63, 3.8) is 0 Å². The van der Waals surface area contributed by atoms with Gasteiger partial charge in [0.25, 0.3) is 0 Å². The minimum Gasteiger partial charge on any atom is -0.312 e. The fourth-order valence-electron chi connectivity index (χ4n) is 2.24. The average molecular weight is 292 g/mol. The molecule has 19 heavy (non-hydrogen) atoms. The molecule has 2 rings (SSSR count). The quantitative estimate of drug-likeness (QED) is 0.925. The Morgan fingerprint density at radius 1 is 1.47 bits per heavy atom. The maximum Gasteiger partial charge on any atom is 0.406 e. The zero-order valence-electron chi connectivity index (χ0n) is 10.4. The zero-order valence-corrected chi connectivity index (χ0v) is 11.2. The second-order valence-electron chi connectivity index (χ2n) is 4.55. The van der Waals surface area contributed by atoms with Gasteiger partial charge < -0.3 is 4.90 Å². The Morgan fingerprint density at radius 2 is 2.21 bits per heavy atom. The van der Waals surface area contributed by atoms with Gasteiger partial charge in [-0.2, -0.15) is 24.5 Å². The van der Waals surface area contributed by atoms with Crippen molar-refractivity contribution in [2.75, 3.05) is 6.54 Å². The molecule has 2 atom stereocenters. The third-order valence-electron chi connectivity index (χ3n) is 3.04. The van der Waals surface area contributed by atoms with Crippen molar-refractivity contribution >= 4 is 17.2 Å². The van der Waals surface area contributed by atoms with Crippen LogP contribution in [-0.2, 0) is 4.79 Å². The SMILES string of the molecule is CCCC1NC(c2ccsc2)N(CC(F)(F)F)C1=O. The number of halogens is 3. The molecule has 0 saturated carbocycles. The van der Waals surface area contributed by atoms with Crippen molar-refractivity contribution in [3.05, 3.63) is 22.4 Å². The van der Waals surface area contributed by atoms with Gasteiger partial charge in [0.15, 0.2) is 0 Å². The Bertz CT molecular complexity index is 433. The van der Waals surface area contributed by atoms with Crippen LogP contribution in [0, 0.1) is 0 Å². The maximum absolute atomic E-state index is 12.6. The second-order valence-corrected chi connectivity index (χ2v) is 5.33. The number of carbonyl (C=O) groups excluding carboxylic acids is 1. The number of carbonyl (C=O) groups is 1. The van der Waals surface area contributed by atoms with E-state index in [1.165, 1.54) is 11.3 Å². The molecule has 1 N–H and O–H groups in total. The molecule has 0 spiro atoms. The van der Waals surface area contributed by atoms with Gasteiger partial charge in [0.1, 0.15) is 12.7 Å². The minimum atomic E-state index is -4.38. The molecule has 2 unspecified atom stereocenters. The van der Waals surface area contributed by atoms with E-state index in [9.17, 15) is 18.0 Å². The molecule has 1 aliphatic heterocycles. The van der Waals surface area contributed by atoms with Gasteiger partial charge >= 0.3 is 6.18 Å². The highest BCUT2D eigenvalue weighted by Crippen LogP contribution is 2.31. The predicted molar refractivity (Wildman–Crippen MR) is 66.7 cm³/mol. The van der Waals surface area contributed by atoms with E-state index < -0.39 is 30.8 Å². The predicted octanol–water partition coefficient (Wildman–Crippen LogP) is 2.91. The van der Waals surface area contributed by atoms with E-state index in [0.29, 0.717) is 12.0 Å². The lowest BCUT2D eigenvalue weighted by Crippen LogP contribution is -2.38. The molecule has 0 aliphatic carbocycles. The second kappa shape index (κ2) is 5.50. The van der Waals surface area contributed by atoms with Crippen LogP contribution in [-0.4, -0.2) is 29.6 Å². The summed E-state index contributed by atoms with van der Waals surface area (Å²) in [6, 6.07) is 1.23. The zero-order chi connectivity index (χ0) is 14.0. The number of amides is 1. The van der Waals surface area contributed by atoms with E-state index in [0.717, 1.165) is 11.3 Å². The van der Waals surface area contributed by atoms with Gasteiger partial charge in [-0.3, -0.25) is 10.1 Å². The Balaban J connectivity index is 2.21. The standard InChI is InChI=1S/C12H15F3N2OS/c1-2-3-9-11(18)17(7-12(13,14)15)10(16-9)8-4-5-19-6-8/h4-6,9-10,16H,2-3,7H2,1H3. The van der Waals surface area contributed by atoms with Crippen LogP contribution >= 0.6 is 11.3 Å². The normalized spacial score (nSPS) is 24.2. The van der Waals surface area contributed by atoms with Crippen molar-refractivity contribution in [2.45, 2.75) is 38.1 Å². The van der Waals surface area contributed by atoms with E-state index in [4.69, 9.17) is 0 Å². The fraction of sp³-hybridized carbons (Fsp3) is 0.583. The highest BCUT2D eigenvalue weighted by molar-refractivity contribution is 7.07. The molecule has 1 aromatic rings. The Labute approximate surface area is 113 Å². The van der Waals surface area contributed by atoms with E-state index >= 15 is 0 Å². The van der Waals surface area contributed by atoms with E-state index in [2.05, 4.69) is 5.32 Å². The van der Waals surface area contributed by atoms with Crippen molar-refractivity contribution in [3.8, 4) is 0 Å². The Kier molecular flexibility index (Phi) is 4.15. The van der Waals surface area contributed by atoms with Gasteiger partial charge in [0.05, 0.1) is 6.04 Å². The third-order valence-corrected chi connectivity index (χ3v) is 3.74. The van der Waals surface area contributed by atoms with Crippen LogP contribution in [0.3, 0.4) is 0 Å². The number of hydrogen-bond donors (Lipinski definition) is 1. The number of rotatable bonds is 4. The van der Waals surface area contributed by atoms with E-state index in [1.54, 1.807) is 16.8 Å².